The molecule has 31 heavy (non-hydrogen) atoms. The summed E-state index contributed by atoms with van der Waals surface area (Å²) >= 11 is 0. The second-order valence-electron chi connectivity index (χ2n) is 8.16. The van der Waals surface area contributed by atoms with E-state index in [-0.39, 0.29) is 37.9 Å². The summed E-state index contributed by atoms with van der Waals surface area (Å²) in [5.41, 5.74) is -0.473. The first kappa shape index (κ1) is 21.1. The van der Waals surface area contributed by atoms with Crippen molar-refractivity contribution in [1.29, 1.82) is 0 Å². The summed E-state index contributed by atoms with van der Waals surface area (Å²) in [6.07, 6.45) is 4.17. The van der Waals surface area contributed by atoms with Gasteiger partial charge in [-0.3, -0.25) is 24.3 Å². The minimum Gasteiger partial charge on any atom is -0.394 e. The molecule has 2 fully saturated rings. The number of hydrogen-bond acceptors (Lipinski definition) is 5. The second kappa shape index (κ2) is 8.55. The summed E-state index contributed by atoms with van der Waals surface area (Å²) in [5.74, 6) is -1.78. The number of amides is 3. The highest BCUT2D eigenvalue weighted by molar-refractivity contribution is 6.10. The topological polar surface area (TPSA) is 90.8 Å². The molecule has 0 radical (unpaired) electrons. The summed E-state index contributed by atoms with van der Waals surface area (Å²) in [5, 5.41) is 9.59. The summed E-state index contributed by atoms with van der Waals surface area (Å²) < 4.78 is 14.1. The van der Waals surface area contributed by atoms with Crippen LogP contribution in [0.4, 0.5) is 4.39 Å². The molecule has 0 spiro atoms. The third kappa shape index (κ3) is 3.95. The molecule has 162 valence electrons. The van der Waals surface area contributed by atoms with Crippen LogP contribution in [0.2, 0.25) is 0 Å². The first-order valence-electron chi connectivity index (χ1n) is 10.3. The number of carbonyl (C=O) groups is 3. The molecule has 1 aromatic carbocycles. The zero-order valence-electron chi connectivity index (χ0n) is 17.0. The van der Waals surface area contributed by atoms with Gasteiger partial charge >= 0.3 is 0 Å². The highest BCUT2D eigenvalue weighted by atomic mass is 19.1. The van der Waals surface area contributed by atoms with Crippen molar-refractivity contribution in [2.75, 3.05) is 13.2 Å². The van der Waals surface area contributed by atoms with E-state index >= 15 is 0 Å². The fourth-order valence-electron chi connectivity index (χ4n) is 4.60. The van der Waals surface area contributed by atoms with Gasteiger partial charge in [0.05, 0.1) is 24.6 Å². The number of aromatic nitrogens is 1. The molecule has 1 N–H and O–H groups in total. The van der Waals surface area contributed by atoms with Crippen LogP contribution in [-0.2, 0) is 26.3 Å². The van der Waals surface area contributed by atoms with Gasteiger partial charge in [-0.05, 0) is 42.2 Å². The van der Waals surface area contributed by atoms with Gasteiger partial charge in [-0.2, -0.15) is 0 Å². The number of aliphatic hydroxyl groups is 1. The fraction of sp³-hybridized carbons (Fsp3) is 0.391. The number of imide groups is 1. The van der Waals surface area contributed by atoms with E-state index in [9.17, 15) is 23.9 Å². The third-order valence-corrected chi connectivity index (χ3v) is 6.21. The van der Waals surface area contributed by atoms with Crippen LogP contribution in [0.5, 0.6) is 0 Å². The van der Waals surface area contributed by atoms with Crippen LogP contribution < -0.4 is 0 Å². The van der Waals surface area contributed by atoms with Gasteiger partial charge in [0.15, 0.2) is 0 Å². The van der Waals surface area contributed by atoms with Gasteiger partial charge in [-0.25, -0.2) is 4.39 Å². The van der Waals surface area contributed by atoms with E-state index in [2.05, 4.69) is 4.98 Å². The molecule has 2 atom stereocenters. The lowest BCUT2D eigenvalue weighted by Gasteiger charge is -2.31. The van der Waals surface area contributed by atoms with Crippen LogP contribution in [0.15, 0.2) is 48.8 Å². The van der Waals surface area contributed by atoms with Gasteiger partial charge in [-0.1, -0.05) is 18.2 Å². The van der Waals surface area contributed by atoms with Crippen molar-refractivity contribution < 1.29 is 23.9 Å². The maximum atomic E-state index is 14.1. The molecule has 8 heteroatoms. The molecule has 0 saturated carbocycles. The lowest BCUT2D eigenvalue weighted by molar-refractivity contribution is -0.143. The van der Waals surface area contributed by atoms with E-state index in [1.165, 1.54) is 18.2 Å². The van der Waals surface area contributed by atoms with Crippen molar-refractivity contribution in [3.8, 4) is 0 Å². The number of halogens is 1. The molecule has 1 aromatic heterocycles. The van der Waals surface area contributed by atoms with Crippen LogP contribution in [0.25, 0.3) is 0 Å². The normalized spacial score (nSPS) is 23.6. The van der Waals surface area contributed by atoms with E-state index in [1.807, 2.05) is 0 Å². The monoisotopic (exact) mass is 425 g/mol. The highest BCUT2D eigenvalue weighted by Crippen LogP contribution is 2.41. The molecule has 0 aliphatic carbocycles. The van der Waals surface area contributed by atoms with Gasteiger partial charge < -0.3 is 10.0 Å². The highest BCUT2D eigenvalue weighted by Gasteiger charge is 2.54. The molecular weight excluding hydrogens is 401 g/mol. The molecule has 3 heterocycles. The van der Waals surface area contributed by atoms with Crippen molar-refractivity contribution in [2.45, 2.75) is 43.7 Å². The van der Waals surface area contributed by atoms with E-state index in [0.717, 1.165) is 11.3 Å². The minimum absolute atomic E-state index is 0.0414. The summed E-state index contributed by atoms with van der Waals surface area (Å²) in [4.78, 5) is 46.4. The molecular formula is C23H24FN3O4. The molecule has 7 nitrogen and oxygen atoms in total. The van der Waals surface area contributed by atoms with E-state index in [4.69, 9.17) is 0 Å². The summed E-state index contributed by atoms with van der Waals surface area (Å²) in [6, 6.07) is 8.72. The Morgan fingerprint density at radius 3 is 2.81 bits per heavy atom. The lowest BCUT2D eigenvalue weighted by atomic mass is 9.75. The van der Waals surface area contributed by atoms with Crippen LogP contribution in [0.3, 0.4) is 0 Å². The quantitative estimate of drug-likeness (QED) is 0.713. The van der Waals surface area contributed by atoms with Crippen molar-refractivity contribution in [3.63, 3.8) is 0 Å². The molecule has 2 aromatic rings. The number of aliphatic hydroxyl groups excluding tert-OH is 1. The average molecular weight is 425 g/mol. The Balaban J connectivity index is 1.69. The van der Waals surface area contributed by atoms with E-state index < -0.39 is 23.0 Å². The Bertz CT molecular complexity index is 999. The summed E-state index contributed by atoms with van der Waals surface area (Å²) in [6.45, 7) is 0.378. The molecule has 0 bridgehead atoms. The largest absolute Gasteiger partial charge is 0.394 e. The van der Waals surface area contributed by atoms with Crippen LogP contribution in [0, 0.1) is 5.82 Å². The predicted molar refractivity (Wildman–Crippen MR) is 109 cm³/mol. The van der Waals surface area contributed by atoms with Crippen LogP contribution >= 0.6 is 0 Å². The number of nitrogens with zero attached hydrogens (tertiary/aromatic N) is 3. The number of pyridine rings is 1. The van der Waals surface area contributed by atoms with Gasteiger partial charge in [0.25, 0.3) is 0 Å². The van der Waals surface area contributed by atoms with Crippen molar-refractivity contribution >= 4 is 17.7 Å². The Morgan fingerprint density at radius 1 is 1.26 bits per heavy atom. The maximum Gasteiger partial charge on any atom is 0.241 e. The Labute approximate surface area is 179 Å². The van der Waals surface area contributed by atoms with Crippen molar-refractivity contribution in [1.82, 2.24) is 14.8 Å². The van der Waals surface area contributed by atoms with Crippen molar-refractivity contribution in [2.24, 2.45) is 0 Å². The smallest absolute Gasteiger partial charge is 0.241 e. The SMILES string of the molecule is O=C1C[C@](CC(=O)N2CCC[C@H]2CO)(c2cccc(F)c2)C(=O)N1Cc1cccnc1. The van der Waals surface area contributed by atoms with Gasteiger partial charge in [0.2, 0.25) is 17.7 Å². The molecule has 0 unspecified atom stereocenters. The average Bonchev–Trinajstić information content (AvgIpc) is 3.34. The Kier molecular flexibility index (Phi) is 5.82. The van der Waals surface area contributed by atoms with E-state index in [1.54, 1.807) is 35.5 Å². The van der Waals surface area contributed by atoms with Gasteiger partial charge in [0, 0.05) is 31.8 Å². The zero-order valence-corrected chi connectivity index (χ0v) is 17.0. The lowest BCUT2D eigenvalue weighted by Crippen LogP contribution is -2.45. The molecule has 2 aliphatic heterocycles. The minimum atomic E-state index is -1.47. The van der Waals surface area contributed by atoms with E-state index in [0.29, 0.717) is 24.1 Å². The second-order valence-corrected chi connectivity index (χ2v) is 8.16. The third-order valence-electron chi connectivity index (χ3n) is 6.21. The Hall–Kier alpha value is -3.13. The number of benzene rings is 1. The standard InChI is InChI=1S/C23H24FN3O4/c24-18-6-1-5-17(10-18)23(11-20(29)26-9-3-7-19(26)15-28)12-21(30)27(22(23)31)14-16-4-2-8-25-13-16/h1-2,4-6,8,10,13,19,28H,3,7,9,11-12,14-15H2/t19-,23+/m0/s1. The van der Waals surface area contributed by atoms with Crippen LogP contribution in [0.1, 0.15) is 36.8 Å². The van der Waals surface area contributed by atoms with Gasteiger partial charge in [-0.15, -0.1) is 0 Å². The fourth-order valence-corrected chi connectivity index (χ4v) is 4.60. The number of rotatable bonds is 6. The Morgan fingerprint density at radius 2 is 2.10 bits per heavy atom. The molecule has 3 amide bonds. The molecule has 4 rings (SSSR count). The molecule has 2 saturated heterocycles. The number of carbonyl (C=O) groups excluding carboxylic acids is 3. The first-order chi connectivity index (χ1) is 14.9. The van der Waals surface area contributed by atoms with Crippen molar-refractivity contribution in [3.05, 3.63) is 65.7 Å². The predicted octanol–water partition coefficient (Wildman–Crippen LogP) is 1.79. The maximum absolute atomic E-state index is 14.1. The zero-order chi connectivity index (χ0) is 22.0. The first-order valence-corrected chi connectivity index (χ1v) is 10.3. The number of hydrogen-bond donors (Lipinski definition) is 1. The van der Waals surface area contributed by atoms with Gasteiger partial charge in [0.1, 0.15) is 5.82 Å². The van der Waals surface area contributed by atoms with Crippen LogP contribution in [-0.4, -0.2) is 56.8 Å². The summed E-state index contributed by atoms with van der Waals surface area (Å²) in [7, 11) is 0. The number of likely N-dealkylation sites (tertiary alicyclic amines) is 2. The molecule has 2 aliphatic rings.